The van der Waals surface area contributed by atoms with Crippen molar-refractivity contribution in [1.82, 2.24) is 9.29 Å². The molecule has 1 aliphatic heterocycles. The standard InChI is InChI=1S/C19H23N3O4S3/c23-18(21-19-20-7-12-27-19)15(13-14-3-1-2-4-14)16-5-6-17(28-16)29(24,25)22-8-10-26-11-9-22/h5-7,12-14H,1-4,8-11H2,(H,20,21,23)/b15-13+. The second kappa shape index (κ2) is 9.05. The number of ether oxygens (including phenoxy) is 1. The van der Waals surface area contributed by atoms with Gasteiger partial charge in [0, 0.05) is 29.5 Å². The van der Waals surface area contributed by atoms with Gasteiger partial charge in [0.05, 0.1) is 18.8 Å². The highest BCUT2D eigenvalue weighted by atomic mass is 32.2. The lowest BCUT2D eigenvalue weighted by atomic mass is 10.0. The Morgan fingerprint density at radius 1 is 1.24 bits per heavy atom. The van der Waals surface area contributed by atoms with Gasteiger partial charge in [-0.25, -0.2) is 13.4 Å². The first-order valence-corrected chi connectivity index (χ1v) is 12.8. The van der Waals surface area contributed by atoms with Crippen LogP contribution in [-0.2, 0) is 19.6 Å². The number of aromatic nitrogens is 1. The molecule has 0 spiro atoms. The second-order valence-electron chi connectivity index (χ2n) is 7.05. The number of amides is 1. The minimum absolute atomic E-state index is 0.246. The molecule has 0 radical (unpaired) electrons. The highest BCUT2D eigenvalue weighted by molar-refractivity contribution is 7.91. The van der Waals surface area contributed by atoms with Crippen molar-refractivity contribution < 1.29 is 17.9 Å². The van der Waals surface area contributed by atoms with Gasteiger partial charge in [0.25, 0.3) is 15.9 Å². The Kier molecular flexibility index (Phi) is 6.45. The number of sulfonamides is 1. The number of nitrogens with zero attached hydrogens (tertiary/aromatic N) is 2. The van der Waals surface area contributed by atoms with Gasteiger partial charge in [-0.05, 0) is 30.9 Å². The summed E-state index contributed by atoms with van der Waals surface area (Å²) in [5, 5.41) is 5.17. The lowest BCUT2D eigenvalue weighted by molar-refractivity contribution is -0.111. The highest BCUT2D eigenvalue weighted by Crippen LogP contribution is 2.34. The van der Waals surface area contributed by atoms with Crippen LogP contribution in [0.2, 0.25) is 0 Å². The molecule has 2 aliphatic rings. The molecule has 7 nitrogen and oxygen atoms in total. The van der Waals surface area contributed by atoms with Gasteiger partial charge in [-0.15, -0.1) is 22.7 Å². The third kappa shape index (κ3) is 4.77. The van der Waals surface area contributed by atoms with Crippen molar-refractivity contribution in [1.29, 1.82) is 0 Å². The summed E-state index contributed by atoms with van der Waals surface area (Å²) in [6.45, 7) is 1.51. The summed E-state index contributed by atoms with van der Waals surface area (Å²) >= 11 is 2.50. The monoisotopic (exact) mass is 453 g/mol. The molecular formula is C19H23N3O4S3. The average molecular weight is 454 g/mol. The van der Waals surface area contributed by atoms with E-state index in [1.165, 1.54) is 15.6 Å². The van der Waals surface area contributed by atoms with Gasteiger partial charge in [-0.2, -0.15) is 4.31 Å². The summed E-state index contributed by atoms with van der Waals surface area (Å²) in [5.74, 6) is 0.0949. The summed E-state index contributed by atoms with van der Waals surface area (Å²) in [6.07, 6.45) is 8.07. The summed E-state index contributed by atoms with van der Waals surface area (Å²) in [4.78, 5) is 17.8. The number of allylic oxidation sites excluding steroid dienone is 1. The van der Waals surface area contributed by atoms with Gasteiger partial charge in [-0.3, -0.25) is 10.1 Å². The van der Waals surface area contributed by atoms with Gasteiger partial charge < -0.3 is 4.74 Å². The van der Waals surface area contributed by atoms with Crippen LogP contribution in [0.1, 0.15) is 30.6 Å². The van der Waals surface area contributed by atoms with E-state index in [2.05, 4.69) is 10.3 Å². The molecule has 1 amide bonds. The number of morpholine rings is 1. The van der Waals surface area contributed by atoms with Crippen LogP contribution in [0.15, 0.2) is 34.0 Å². The number of hydrogen-bond donors (Lipinski definition) is 1. The Bertz CT molecular complexity index is 970. The van der Waals surface area contributed by atoms with E-state index in [1.54, 1.807) is 23.7 Å². The molecule has 156 valence electrons. The number of carbonyl (C=O) groups excluding carboxylic acids is 1. The molecule has 29 heavy (non-hydrogen) atoms. The number of thiazole rings is 1. The topological polar surface area (TPSA) is 88.6 Å². The molecule has 1 saturated heterocycles. The SMILES string of the molecule is O=C(Nc1nccs1)/C(=C/C1CCCC1)c1ccc(S(=O)(=O)N2CCOCC2)s1. The zero-order valence-electron chi connectivity index (χ0n) is 15.9. The molecule has 1 saturated carbocycles. The van der Waals surface area contributed by atoms with Crippen molar-refractivity contribution in [2.45, 2.75) is 29.9 Å². The zero-order valence-corrected chi connectivity index (χ0v) is 18.3. The van der Waals surface area contributed by atoms with Crippen LogP contribution in [0.4, 0.5) is 5.13 Å². The number of carbonyl (C=O) groups is 1. The van der Waals surface area contributed by atoms with Gasteiger partial charge in [0.15, 0.2) is 5.13 Å². The predicted octanol–water partition coefficient (Wildman–Crippen LogP) is 3.44. The zero-order chi connectivity index (χ0) is 20.3. The van der Waals surface area contributed by atoms with E-state index in [0.717, 1.165) is 37.0 Å². The van der Waals surface area contributed by atoms with E-state index in [-0.39, 0.29) is 10.1 Å². The molecule has 1 aliphatic carbocycles. The molecule has 4 rings (SSSR count). The molecule has 10 heteroatoms. The van der Waals surface area contributed by atoms with Crippen molar-refractivity contribution >= 4 is 49.3 Å². The molecule has 0 aromatic carbocycles. The maximum atomic E-state index is 13.0. The van der Waals surface area contributed by atoms with Crippen molar-refractivity contribution in [2.24, 2.45) is 5.92 Å². The molecule has 0 bridgehead atoms. The van der Waals surface area contributed by atoms with Gasteiger partial charge in [0.2, 0.25) is 0 Å². The molecule has 2 aromatic heterocycles. The summed E-state index contributed by atoms with van der Waals surface area (Å²) < 4.78 is 32.9. The first-order valence-electron chi connectivity index (χ1n) is 9.65. The van der Waals surface area contributed by atoms with E-state index in [4.69, 9.17) is 4.74 Å². The Labute approximate surface area is 178 Å². The van der Waals surface area contributed by atoms with Crippen LogP contribution in [0, 0.1) is 5.92 Å². The van der Waals surface area contributed by atoms with Gasteiger partial charge >= 0.3 is 0 Å². The average Bonchev–Trinajstić information content (AvgIpc) is 3.49. The van der Waals surface area contributed by atoms with Crippen LogP contribution >= 0.6 is 22.7 Å². The Hall–Kier alpha value is -1.59. The van der Waals surface area contributed by atoms with Crippen LogP contribution in [0.3, 0.4) is 0 Å². The lowest BCUT2D eigenvalue weighted by Crippen LogP contribution is -2.40. The largest absolute Gasteiger partial charge is 0.379 e. The minimum Gasteiger partial charge on any atom is -0.379 e. The summed E-state index contributed by atoms with van der Waals surface area (Å²) in [5.41, 5.74) is 0.528. The Morgan fingerprint density at radius 2 is 2.00 bits per heavy atom. The van der Waals surface area contributed by atoms with Gasteiger partial charge in [0.1, 0.15) is 4.21 Å². The third-order valence-electron chi connectivity index (χ3n) is 5.11. The summed E-state index contributed by atoms with van der Waals surface area (Å²) in [7, 11) is -3.57. The first kappa shape index (κ1) is 20.7. The number of anilines is 1. The Morgan fingerprint density at radius 3 is 2.69 bits per heavy atom. The molecule has 2 fully saturated rings. The molecule has 2 aromatic rings. The van der Waals surface area contributed by atoms with Crippen LogP contribution < -0.4 is 5.32 Å². The molecular weight excluding hydrogens is 430 g/mol. The smallest absolute Gasteiger partial charge is 0.258 e. The first-order chi connectivity index (χ1) is 14.0. The van der Waals surface area contributed by atoms with E-state index in [0.29, 0.717) is 47.8 Å². The van der Waals surface area contributed by atoms with E-state index >= 15 is 0 Å². The van der Waals surface area contributed by atoms with Crippen LogP contribution in [0.5, 0.6) is 0 Å². The normalized spacial score (nSPS) is 19.5. The van der Waals surface area contributed by atoms with Crippen molar-refractivity contribution in [3.63, 3.8) is 0 Å². The van der Waals surface area contributed by atoms with Crippen molar-refractivity contribution in [3.05, 3.63) is 34.7 Å². The number of nitrogens with one attached hydrogen (secondary N) is 1. The maximum Gasteiger partial charge on any atom is 0.258 e. The van der Waals surface area contributed by atoms with Crippen molar-refractivity contribution in [2.75, 3.05) is 31.6 Å². The minimum atomic E-state index is -3.57. The lowest BCUT2D eigenvalue weighted by Gasteiger charge is -2.25. The fourth-order valence-corrected chi connectivity index (χ4v) is 7.01. The van der Waals surface area contributed by atoms with E-state index in [9.17, 15) is 13.2 Å². The summed E-state index contributed by atoms with van der Waals surface area (Å²) in [6, 6.07) is 3.34. The Balaban J connectivity index is 1.61. The molecule has 3 heterocycles. The quantitative estimate of drug-likeness (QED) is 0.677. The number of rotatable bonds is 6. The highest BCUT2D eigenvalue weighted by Gasteiger charge is 2.29. The molecule has 0 unspecified atom stereocenters. The van der Waals surface area contributed by atoms with Gasteiger partial charge in [-0.1, -0.05) is 18.9 Å². The van der Waals surface area contributed by atoms with E-state index < -0.39 is 10.0 Å². The number of hydrogen-bond acceptors (Lipinski definition) is 7. The van der Waals surface area contributed by atoms with E-state index in [1.807, 2.05) is 6.08 Å². The van der Waals surface area contributed by atoms with Crippen LogP contribution in [0.25, 0.3) is 5.57 Å². The van der Waals surface area contributed by atoms with Crippen LogP contribution in [-0.4, -0.2) is 49.9 Å². The predicted molar refractivity (Wildman–Crippen MR) is 115 cm³/mol. The number of thiophene rings is 1. The second-order valence-corrected chi connectivity index (χ2v) is 11.2. The fraction of sp³-hybridized carbons (Fsp3) is 0.474. The fourth-order valence-electron chi connectivity index (χ4n) is 3.60. The maximum absolute atomic E-state index is 13.0. The molecule has 0 atom stereocenters. The third-order valence-corrected chi connectivity index (χ3v) is 9.28. The van der Waals surface area contributed by atoms with Crippen molar-refractivity contribution in [3.8, 4) is 0 Å². The molecule has 1 N–H and O–H groups in total.